The van der Waals surface area contributed by atoms with Gasteiger partial charge in [-0.25, -0.2) is 0 Å². The van der Waals surface area contributed by atoms with Crippen LogP contribution < -0.4 is 5.73 Å². The highest BCUT2D eigenvalue weighted by molar-refractivity contribution is 5.82. The highest BCUT2D eigenvalue weighted by Gasteiger charge is 2.23. The van der Waals surface area contributed by atoms with Gasteiger partial charge in [0.15, 0.2) is 0 Å². The Kier molecular flexibility index (Phi) is 5.60. The van der Waals surface area contributed by atoms with E-state index in [1.165, 1.54) is 19.4 Å². The largest absolute Gasteiger partial charge is 0.409 e. The van der Waals surface area contributed by atoms with E-state index in [0.717, 1.165) is 31.8 Å². The van der Waals surface area contributed by atoms with E-state index in [4.69, 9.17) is 10.9 Å². The van der Waals surface area contributed by atoms with Gasteiger partial charge in [0.25, 0.3) is 0 Å². The van der Waals surface area contributed by atoms with Crippen LogP contribution in [0.1, 0.15) is 39.5 Å². The molecule has 0 aromatic carbocycles. The summed E-state index contributed by atoms with van der Waals surface area (Å²) in [6, 6.07) is 0. The third kappa shape index (κ3) is 3.67. The molecule has 0 spiro atoms. The van der Waals surface area contributed by atoms with E-state index in [9.17, 15) is 0 Å². The predicted molar refractivity (Wildman–Crippen MR) is 66.6 cm³/mol. The van der Waals surface area contributed by atoms with Crippen LogP contribution in [-0.2, 0) is 0 Å². The van der Waals surface area contributed by atoms with Crippen molar-refractivity contribution < 1.29 is 5.21 Å². The summed E-state index contributed by atoms with van der Waals surface area (Å²) >= 11 is 0. The molecule has 0 amide bonds. The average molecular weight is 227 g/mol. The fraction of sp³-hybridized carbons (Fsp3) is 0.917. The molecule has 0 aromatic heterocycles. The fourth-order valence-electron chi connectivity index (χ4n) is 2.40. The summed E-state index contributed by atoms with van der Waals surface area (Å²) in [4.78, 5) is 2.51. The molecule has 1 rings (SSSR count). The third-order valence-electron chi connectivity index (χ3n) is 3.79. The highest BCUT2D eigenvalue weighted by Crippen LogP contribution is 2.19. The first kappa shape index (κ1) is 13.3. The second-order valence-corrected chi connectivity index (χ2v) is 4.78. The number of nitrogens with zero attached hydrogens (tertiary/aromatic N) is 2. The summed E-state index contributed by atoms with van der Waals surface area (Å²) in [6.45, 7) is 7.89. The van der Waals surface area contributed by atoms with Gasteiger partial charge in [0.1, 0.15) is 5.84 Å². The molecule has 1 aliphatic rings. The maximum atomic E-state index is 8.62. The molecule has 0 aliphatic carbocycles. The Bertz CT molecular complexity index is 218. The Balaban J connectivity index is 2.32. The SMILES string of the molecule is CCC(CC)CN1CCC(C(N)=NO)CC1. The first-order valence-corrected chi connectivity index (χ1v) is 6.41. The van der Waals surface area contributed by atoms with E-state index in [1.54, 1.807) is 0 Å². The van der Waals surface area contributed by atoms with Crippen LogP contribution >= 0.6 is 0 Å². The molecule has 0 aromatic rings. The predicted octanol–water partition coefficient (Wildman–Crippen LogP) is 1.88. The number of hydrogen-bond acceptors (Lipinski definition) is 3. The number of piperidine rings is 1. The quantitative estimate of drug-likeness (QED) is 0.326. The van der Waals surface area contributed by atoms with Crippen LogP contribution in [0.4, 0.5) is 0 Å². The lowest BCUT2D eigenvalue weighted by molar-refractivity contribution is 0.174. The van der Waals surface area contributed by atoms with Crippen LogP contribution in [0, 0.1) is 11.8 Å². The van der Waals surface area contributed by atoms with Gasteiger partial charge in [-0.3, -0.25) is 0 Å². The van der Waals surface area contributed by atoms with E-state index >= 15 is 0 Å². The van der Waals surface area contributed by atoms with Crippen LogP contribution in [0.3, 0.4) is 0 Å². The van der Waals surface area contributed by atoms with Crippen LogP contribution in [-0.4, -0.2) is 35.6 Å². The van der Waals surface area contributed by atoms with Crippen LogP contribution in [0.2, 0.25) is 0 Å². The number of rotatable bonds is 5. The number of nitrogens with two attached hydrogens (primary N) is 1. The minimum Gasteiger partial charge on any atom is -0.409 e. The normalized spacial score (nSPS) is 20.6. The van der Waals surface area contributed by atoms with Gasteiger partial charge in [-0.1, -0.05) is 31.8 Å². The summed E-state index contributed by atoms with van der Waals surface area (Å²) in [5.41, 5.74) is 5.63. The van der Waals surface area contributed by atoms with E-state index in [2.05, 4.69) is 23.9 Å². The van der Waals surface area contributed by atoms with Crippen molar-refractivity contribution in [3.8, 4) is 0 Å². The van der Waals surface area contributed by atoms with E-state index < -0.39 is 0 Å². The number of hydrogen-bond donors (Lipinski definition) is 2. The second kappa shape index (κ2) is 6.74. The molecule has 94 valence electrons. The van der Waals surface area contributed by atoms with Crippen molar-refractivity contribution in [3.63, 3.8) is 0 Å². The fourth-order valence-corrected chi connectivity index (χ4v) is 2.40. The Labute approximate surface area is 98.5 Å². The van der Waals surface area contributed by atoms with E-state index in [-0.39, 0.29) is 5.92 Å². The van der Waals surface area contributed by atoms with Gasteiger partial charge < -0.3 is 15.8 Å². The molecular weight excluding hydrogens is 202 g/mol. The smallest absolute Gasteiger partial charge is 0.142 e. The van der Waals surface area contributed by atoms with Gasteiger partial charge in [-0.2, -0.15) is 0 Å². The zero-order chi connectivity index (χ0) is 12.0. The molecule has 0 bridgehead atoms. The molecule has 0 unspecified atom stereocenters. The molecule has 0 atom stereocenters. The van der Waals surface area contributed by atoms with Gasteiger partial charge in [0.05, 0.1) is 0 Å². The van der Waals surface area contributed by atoms with Gasteiger partial charge in [-0.05, 0) is 31.8 Å². The minimum atomic E-state index is 0.281. The van der Waals surface area contributed by atoms with Gasteiger partial charge in [0.2, 0.25) is 0 Å². The molecule has 1 fully saturated rings. The van der Waals surface area contributed by atoms with Crippen LogP contribution in [0.5, 0.6) is 0 Å². The topological polar surface area (TPSA) is 61.8 Å². The Morgan fingerprint density at radius 1 is 1.38 bits per heavy atom. The molecule has 16 heavy (non-hydrogen) atoms. The summed E-state index contributed by atoms with van der Waals surface area (Å²) < 4.78 is 0. The van der Waals surface area contributed by atoms with E-state index in [0.29, 0.717) is 5.84 Å². The summed E-state index contributed by atoms with van der Waals surface area (Å²) in [5, 5.41) is 11.7. The number of oxime groups is 1. The number of amidine groups is 1. The lowest BCUT2D eigenvalue weighted by Crippen LogP contribution is -2.40. The molecule has 3 N–H and O–H groups in total. The van der Waals surface area contributed by atoms with Crippen molar-refractivity contribution in [2.75, 3.05) is 19.6 Å². The Morgan fingerprint density at radius 2 is 1.94 bits per heavy atom. The van der Waals surface area contributed by atoms with Gasteiger partial charge >= 0.3 is 0 Å². The third-order valence-corrected chi connectivity index (χ3v) is 3.79. The molecule has 1 aliphatic heterocycles. The van der Waals surface area contributed by atoms with Crippen molar-refractivity contribution in [1.29, 1.82) is 0 Å². The maximum Gasteiger partial charge on any atom is 0.142 e. The first-order chi connectivity index (χ1) is 7.71. The molecule has 4 nitrogen and oxygen atoms in total. The Morgan fingerprint density at radius 3 is 2.38 bits per heavy atom. The maximum absolute atomic E-state index is 8.62. The molecule has 1 saturated heterocycles. The van der Waals surface area contributed by atoms with E-state index in [1.807, 2.05) is 0 Å². The van der Waals surface area contributed by atoms with Crippen molar-refractivity contribution in [2.45, 2.75) is 39.5 Å². The number of likely N-dealkylation sites (tertiary alicyclic amines) is 1. The minimum absolute atomic E-state index is 0.281. The van der Waals surface area contributed by atoms with Crippen LogP contribution in [0.15, 0.2) is 5.16 Å². The molecule has 4 heteroatoms. The van der Waals surface area contributed by atoms with Crippen molar-refractivity contribution in [1.82, 2.24) is 4.90 Å². The molecule has 1 heterocycles. The lowest BCUT2D eigenvalue weighted by atomic mass is 9.94. The zero-order valence-electron chi connectivity index (χ0n) is 10.5. The summed E-state index contributed by atoms with van der Waals surface area (Å²) in [7, 11) is 0. The lowest BCUT2D eigenvalue weighted by Gasteiger charge is -2.33. The Hall–Kier alpha value is -0.770. The molecular formula is C12H25N3O. The van der Waals surface area contributed by atoms with Crippen molar-refractivity contribution in [3.05, 3.63) is 0 Å². The van der Waals surface area contributed by atoms with Crippen molar-refractivity contribution in [2.24, 2.45) is 22.7 Å². The van der Waals surface area contributed by atoms with Crippen molar-refractivity contribution >= 4 is 5.84 Å². The molecule has 0 radical (unpaired) electrons. The average Bonchev–Trinajstić information content (AvgIpc) is 2.35. The highest BCUT2D eigenvalue weighted by atomic mass is 16.4. The summed E-state index contributed by atoms with van der Waals surface area (Å²) in [5.74, 6) is 1.51. The second-order valence-electron chi connectivity index (χ2n) is 4.78. The van der Waals surface area contributed by atoms with Gasteiger partial charge in [-0.15, -0.1) is 0 Å². The summed E-state index contributed by atoms with van der Waals surface area (Å²) in [6.07, 6.45) is 4.57. The first-order valence-electron chi connectivity index (χ1n) is 6.41. The van der Waals surface area contributed by atoms with Crippen LogP contribution in [0.25, 0.3) is 0 Å². The van der Waals surface area contributed by atoms with Gasteiger partial charge in [0, 0.05) is 12.5 Å². The standard InChI is InChI=1S/C12H25N3O/c1-3-10(4-2)9-15-7-5-11(6-8-15)12(13)14-16/h10-11,16H,3-9H2,1-2H3,(H2,13,14). The monoisotopic (exact) mass is 227 g/mol. The zero-order valence-corrected chi connectivity index (χ0v) is 10.5. The molecule has 0 saturated carbocycles.